The van der Waals surface area contributed by atoms with Crippen LogP contribution in [0.1, 0.15) is 77.0 Å². The quantitative estimate of drug-likeness (QED) is 0.122. The van der Waals surface area contributed by atoms with E-state index < -0.39 is 17.8 Å². The average molecular weight is 983 g/mol. The number of alkyl halides is 7. The van der Waals surface area contributed by atoms with Crippen molar-refractivity contribution in [3.05, 3.63) is 55.9 Å². The van der Waals surface area contributed by atoms with Crippen LogP contribution in [0.15, 0.2) is 48.8 Å². The van der Waals surface area contributed by atoms with Crippen molar-refractivity contribution in [3.63, 3.8) is 0 Å². The van der Waals surface area contributed by atoms with Gasteiger partial charge in [-0.2, -0.15) is 10.2 Å². The minimum Gasteiger partial charge on any atom is -0.396 e. The molecule has 2 N–H and O–H groups in total. The van der Waals surface area contributed by atoms with Crippen molar-refractivity contribution in [1.29, 1.82) is 0 Å². The Hall–Kier alpha value is -1.14. The van der Waals surface area contributed by atoms with Gasteiger partial charge < -0.3 is 5.11 Å². The van der Waals surface area contributed by atoms with Crippen molar-refractivity contribution < 1.29 is 31.4 Å². The summed E-state index contributed by atoms with van der Waals surface area (Å²) in [6.07, 6.45) is 7.32. The molecule has 3 aliphatic rings. The lowest BCUT2D eigenvalue weighted by atomic mass is 9.87. The molecular weight excluding hydrogens is 940 g/mol. The summed E-state index contributed by atoms with van der Waals surface area (Å²) in [6, 6.07) is 12.4. The number of fused-ring (bicyclic) bond motifs is 2. The Morgan fingerprint density at radius 1 is 0.714 bits per heavy atom. The maximum absolute atomic E-state index is 13.1. The highest BCUT2D eigenvalue weighted by molar-refractivity contribution is 14.1. The van der Waals surface area contributed by atoms with Gasteiger partial charge in [-0.1, -0.05) is 15.9 Å². The van der Waals surface area contributed by atoms with E-state index in [0.29, 0.717) is 50.4 Å². The standard InChI is InChI=1S/C14H15F2IN2.C7H11BrF2.C7H12F2O.C7H5IN2/c15-14(16)5-3-10(4-6-14)9-19-13-2-1-12(17)7-11(13)8-18-19;8-5-6-1-3-7(9,10)4-2-6;8-7(9)3-1-6(5-10)2-4-7;8-6-1-2-7-5(3-6)4-9-10-7/h1-2,7-8,10H,3-6,9H2;6H,1-5H2;6,10H,1-5H2;1-4H,(H,9,10). The van der Waals surface area contributed by atoms with Crippen LogP contribution >= 0.6 is 61.1 Å². The molecule has 3 aliphatic carbocycles. The van der Waals surface area contributed by atoms with E-state index in [2.05, 4.69) is 107 Å². The molecule has 2 aromatic heterocycles. The number of nitrogens with zero attached hydrogens (tertiary/aromatic N) is 3. The number of aliphatic hydroxyl groups is 1. The topological polar surface area (TPSA) is 66.7 Å². The molecular formula is C35H43BrF6I2N4O. The Bertz CT molecular complexity index is 1540. The third-order valence-corrected chi connectivity index (χ3v) is 11.7. The van der Waals surface area contributed by atoms with Gasteiger partial charge in [0.05, 0.1) is 23.4 Å². The number of halogens is 9. The molecule has 7 rings (SSSR count). The largest absolute Gasteiger partial charge is 0.396 e. The fraction of sp³-hybridized carbons (Fsp3) is 0.600. The first kappa shape index (κ1) is 40.6. The predicted molar refractivity (Wildman–Crippen MR) is 203 cm³/mol. The third-order valence-electron chi connectivity index (χ3n) is 9.42. The van der Waals surface area contributed by atoms with Crippen LogP contribution < -0.4 is 0 Å². The number of hydrogen-bond acceptors (Lipinski definition) is 3. The molecule has 0 unspecified atom stereocenters. The maximum atomic E-state index is 13.1. The van der Waals surface area contributed by atoms with Gasteiger partial charge in [0.15, 0.2) is 0 Å². The lowest BCUT2D eigenvalue weighted by molar-refractivity contribution is -0.0510. The SMILES string of the molecule is FC1(F)CCC(CBr)CC1.FC1(F)CCC(Cn2ncc3cc(I)ccc32)CC1.Ic1ccc2[nH]ncc2c1.OCC1CCC(F)(F)CC1. The number of hydrogen-bond donors (Lipinski definition) is 2. The Morgan fingerprint density at radius 2 is 1.20 bits per heavy atom. The zero-order valence-electron chi connectivity index (χ0n) is 27.1. The van der Waals surface area contributed by atoms with E-state index in [1.54, 1.807) is 0 Å². The van der Waals surface area contributed by atoms with Crippen LogP contribution in [0.5, 0.6) is 0 Å². The maximum Gasteiger partial charge on any atom is 0.248 e. The van der Waals surface area contributed by atoms with Gasteiger partial charge in [0.1, 0.15) is 0 Å². The van der Waals surface area contributed by atoms with Gasteiger partial charge in [0, 0.05) is 74.9 Å². The molecule has 5 nitrogen and oxygen atoms in total. The van der Waals surface area contributed by atoms with Crippen molar-refractivity contribution in [2.24, 2.45) is 17.8 Å². The van der Waals surface area contributed by atoms with Crippen molar-refractivity contribution in [2.45, 2.75) is 101 Å². The summed E-state index contributed by atoms with van der Waals surface area (Å²) in [5.41, 5.74) is 2.19. The highest BCUT2D eigenvalue weighted by Gasteiger charge is 2.36. The third kappa shape index (κ3) is 13.4. The summed E-state index contributed by atoms with van der Waals surface area (Å²) in [7, 11) is 0. The van der Waals surface area contributed by atoms with Gasteiger partial charge in [0.2, 0.25) is 17.8 Å². The lowest BCUT2D eigenvalue weighted by Gasteiger charge is -2.28. The fourth-order valence-corrected chi connectivity index (χ4v) is 7.86. The van der Waals surface area contributed by atoms with E-state index in [-0.39, 0.29) is 51.0 Å². The van der Waals surface area contributed by atoms with Crippen molar-refractivity contribution in [1.82, 2.24) is 20.0 Å². The highest BCUT2D eigenvalue weighted by Crippen LogP contribution is 2.38. The second kappa shape index (κ2) is 18.6. The molecule has 0 aliphatic heterocycles. The highest BCUT2D eigenvalue weighted by atomic mass is 127. The van der Waals surface area contributed by atoms with Gasteiger partial charge in [-0.3, -0.25) is 9.78 Å². The Labute approximate surface area is 319 Å². The van der Waals surface area contributed by atoms with Crippen LogP contribution in [0.3, 0.4) is 0 Å². The molecule has 0 atom stereocenters. The van der Waals surface area contributed by atoms with Crippen LogP contribution in [0.4, 0.5) is 26.3 Å². The summed E-state index contributed by atoms with van der Waals surface area (Å²) < 4.78 is 80.5. The fourth-order valence-electron chi connectivity index (χ4n) is 6.18. The first-order chi connectivity index (χ1) is 23.2. The van der Waals surface area contributed by atoms with Crippen LogP contribution in [-0.4, -0.2) is 54.8 Å². The first-order valence-electron chi connectivity index (χ1n) is 16.7. The summed E-state index contributed by atoms with van der Waals surface area (Å²) in [6.45, 7) is 0.816. The second-order valence-corrected chi connectivity index (χ2v) is 16.5. The molecule has 0 radical (unpaired) electrons. The lowest BCUT2D eigenvalue weighted by Crippen LogP contribution is -2.26. The van der Waals surface area contributed by atoms with E-state index in [1.165, 1.54) is 12.5 Å². The number of rotatable bonds is 4. The van der Waals surface area contributed by atoms with Crippen molar-refractivity contribution in [2.75, 3.05) is 11.9 Å². The monoisotopic (exact) mass is 982 g/mol. The second-order valence-electron chi connectivity index (χ2n) is 13.4. The van der Waals surface area contributed by atoms with Crippen LogP contribution in [0, 0.1) is 24.9 Å². The molecule has 14 heteroatoms. The number of aliphatic hydroxyl groups excluding tert-OH is 1. The smallest absolute Gasteiger partial charge is 0.248 e. The van der Waals surface area contributed by atoms with Gasteiger partial charge in [0.25, 0.3) is 0 Å². The Morgan fingerprint density at radius 3 is 1.73 bits per heavy atom. The molecule has 2 aromatic carbocycles. The normalized spacial score (nSPS) is 20.8. The number of aromatic amines is 1. The minimum absolute atomic E-state index is 0.0226. The summed E-state index contributed by atoms with van der Waals surface area (Å²) in [4.78, 5) is 0. The number of aromatic nitrogens is 4. The van der Waals surface area contributed by atoms with E-state index in [4.69, 9.17) is 5.11 Å². The van der Waals surface area contributed by atoms with Gasteiger partial charge in [-0.15, -0.1) is 0 Å². The van der Waals surface area contributed by atoms with Crippen molar-refractivity contribution in [3.8, 4) is 0 Å². The zero-order valence-corrected chi connectivity index (χ0v) is 33.0. The number of nitrogens with one attached hydrogen (secondary N) is 1. The van der Waals surface area contributed by atoms with Crippen LogP contribution in [0.25, 0.3) is 21.8 Å². The van der Waals surface area contributed by atoms with E-state index in [0.717, 1.165) is 28.3 Å². The Kier molecular flexibility index (Phi) is 15.4. The molecule has 272 valence electrons. The molecule has 0 bridgehead atoms. The predicted octanol–water partition coefficient (Wildman–Crippen LogP) is 11.6. The number of benzene rings is 2. The van der Waals surface area contributed by atoms with Gasteiger partial charge in [-0.25, -0.2) is 26.3 Å². The first-order valence-corrected chi connectivity index (χ1v) is 20.0. The Balaban J connectivity index is 0.000000155. The van der Waals surface area contributed by atoms with Crippen LogP contribution in [-0.2, 0) is 6.54 Å². The molecule has 0 spiro atoms. The molecule has 3 fully saturated rings. The molecule has 3 saturated carbocycles. The molecule has 2 heterocycles. The minimum atomic E-state index is -2.45. The zero-order chi connectivity index (χ0) is 35.7. The van der Waals surface area contributed by atoms with E-state index in [9.17, 15) is 26.3 Å². The molecule has 4 aromatic rings. The van der Waals surface area contributed by atoms with Crippen LogP contribution in [0.2, 0.25) is 0 Å². The van der Waals surface area contributed by atoms with E-state index >= 15 is 0 Å². The molecule has 49 heavy (non-hydrogen) atoms. The summed E-state index contributed by atoms with van der Waals surface area (Å²) >= 11 is 7.86. The van der Waals surface area contributed by atoms with Gasteiger partial charge in [-0.05, 0) is 138 Å². The molecule has 0 amide bonds. The average Bonchev–Trinajstić information content (AvgIpc) is 3.69. The van der Waals surface area contributed by atoms with E-state index in [1.807, 2.05) is 23.1 Å². The van der Waals surface area contributed by atoms with Crippen molar-refractivity contribution >= 4 is 82.9 Å². The number of H-pyrrole nitrogens is 1. The summed E-state index contributed by atoms with van der Waals surface area (Å²) in [5.74, 6) is -6.33. The van der Waals surface area contributed by atoms with Gasteiger partial charge >= 0.3 is 0 Å². The molecule has 0 saturated heterocycles. The summed E-state index contributed by atoms with van der Waals surface area (Å²) in [5, 5.41) is 23.0.